The van der Waals surface area contributed by atoms with Gasteiger partial charge in [-0.1, -0.05) is 18.5 Å². The summed E-state index contributed by atoms with van der Waals surface area (Å²) in [5, 5.41) is 4.31. The number of thioether (sulfide) groups is 1. The zero-order valence-corrected chi connectivity index (χ0v) is 14.8. The number of amides is 1. The first-order chi connectivity index (χ1) is 11.1. The number of pyridine rings is 1. The van der Waals surface area contributed by atoms with Gasteiger partial charge in [-0.3, -0.25) is 14.7 Å². The topological polar surface area (TPSA) is 60.2 Å². The molecule has 2 aromatic heterocycles. The van der Waals surface area contributed by atoms with E-state index in [2.05, 4.69) is 10.1 Å². The van der Waals surface area contributed by atoms with Crippen LogP contribution in [-0.4, -0.2) is 45.5 Å². The maximum atomic E-state index is 12.6. The number of aromatic nitrogens is 3. The third-order valence-corrected chi connectivity index (χ3v) is 4.45. The van der Waals surface area contributed by atoms with Gasteiger partial charge in [0.05, 0.1) is 23.3 Å². The Kier molecular flexibility index (Phi) is 6.44. The van der Waals surface area contributed by atoms with Gasteiger partial charge < -0.3 is 4.74 Å². The second kappa shape index (κ2) is 8.33. The number of nitrogens with zero attached hydrogens (tertiary/aromatic N) is 4. The number of carbonyl (C=O) groups is 1. The number of hydrogen-bond donors (Lipinski definition) is 0. The van der Waals surface area contributed by atoms with E-state index in [1.165, 1.54) is 12.0 Å². The predicted octanol–water partition coefficient (Wildman–Crippen LogP) is 3.00. The molecule has 2 heterocycles. The monoisotopic (exact) mass is 354 g/mol. The van der Waals surface area contributed by atoms with Crippen LogP contribution in [0.15, 0.2) is 30.7 Å². The standard InChI is InChI=1S/C15H19ClN4O2S/c1-4-23-11(2)15(21)19(10-22-3)13-9-20(18-14(13)16)12-6-5-7-17-8-12/h5-9,11H,4,10H2,1-3H3/t11-/m0/s1. The van der Waals surface area contributed by atoms with E-state index >= 15 is 0 Å². The van der Waals surface area contributed by atoms with E-state index in [0.29, 0.717) is 5.69 Å². The molecular weight excluding hydrogens is 336 g/mol. The molecular formula is C15H19ClN4O2S. The Bertz CT molecular complexity index is 650. The van der Waals surface area contributed by atoms with Crippen LogP contribution < -0.4 is 4.90 Å². The lowest BCUT2D eigenvalue weighted by Gasteiger charge is -2.23. The van der Waals surface area contributed by atoms with Gasteiger partial charge in [0, 0.05) is 13.3 Å². The van der Waals surface area contributed by atoms with Gasteiger partial charge >= 0.3 is 0 Å². The Morgan fingerprint density at radius 1 is 1.57 bits per heavy atom. The molecule has 0 aliphatic rings. The fourth-order valence-corrected chi connectivity index (χ4v) is 3.07. The first-order valence-electron chi connectivity index (χ1n) is 7.16. The van der Waals surface area contributed by atoms with Gasteiger partial charge in [0.15, 0.2) is 5.15 Å². The van der Waals surface area contributed by atoms with Crippen LogP contribution in [-0.2, 0) is 9.53 Å². The second-order valence-corrected chi connectivity index (χ2v) is 6.72. The summed E-state index contributed by atoms with van der Waals surface area (Å²) < 4.78 is 6.76. The molecule has 0 unspecified atom stereocenters. The fraction of sp³-hybridized carbons (Fsp3) is 0.400. The molecule has 0 fully saturated rings. The molecule has 1 amide bonds. The molecule has 0 spiro atoms. The molecule has 0 saturated carbocycles. The molecule has 0 saturated heterocycles. The Labute approximate surface area is 144 Å². The molecule has 0 aliphatic heterocycles. The zero-order valence-electron chi connectivity index (χ0n) is 13.3. The lowest BCUT2D eigenvalue weighted by Crippen LogP contribution is -2.38. The van der Waals surface area contributed by atoms with Crippen molar-refractivity contribution in [1.29, 1.82) is 0 Å². The average Bonchev–Trinajstić information content (AvgIpc) is 2.94. The summed E-state index contributed by atoms with van der Waals surface area (Å²) in [7, 11) is 1.54. The molecule has 8 heteroatoms. The van der Waals surface area contributed by atoms with Crippen molar-refractivity contribution in [1.82, 2.24) is 14.8 Å². The minimum atomic E-state index is -0.187. The second-order valence-electron chi connectivity index (χ2n) is 4.74. The Hall–Kier alpha value is -1.57. The smallest absolute Gasteiger partial charge is 0.241 e. The number of methoxy groups -OCH3 is 1. The van der Waals surface area contributed by atoms with Crippen molar-refractivity contribution in [2.45, 2.75) is 19.1 Å². The summed E-state index contributed by atoms with van der Waals surface area (Å²) in [6.45, 7) is 4.01. The maximum Gasteiger partial charge on any atom is 0.241 e. The third kappa shape index (κ3) is 4.25. The number of anilines is 1. The van der Waals surface area contributed by atoms with Gasteiger partial charge in [-0.25, -0.2) is 4.68 Å². The minimum Gasteiger partial charge on any atom is -0.364 e. The number of hydrogen-bond acceptors (Lipinski definition) is 5. The van der Waals surface area contributed by atoms with Gasteiger partial charge in [-0.05, 0) is 24.8 Å². The van der Waals surface area contributed by atoms with Crippen molar-refractivity contribution in [3.8, 4) is 5.69 Å². The highest BCUT2D eigenvalue weighted by molar-refractivity contribution is 8.00. The summed E-state index contributed by atoms with van der Waals surface area (Å²) in [6, 6.07) is 3.67. The van der Waals surface area contributed by atoms with Crippen molar-refractivity contribution in [2.24, 2.45) is 0 Å². The number of ether oxygens (including phenoxy) is 1. The Morgan fingerprint density at radius 2 is 2.35 bits per heavy atom. The molecule has 1 atom stereocenters. The predicted molar refractivity (Wildman–Crippen MR) is 93.3 cm³/mol. The van der Waals surface area contributed by atoms with E-state index in [9.17, 15) is 4.79 Å². The van der Waals surface area contributed by atoms with Gasteiger partial charge in [0.25, 0.3) is 0 Å². The van der Waals surface area contributed by atoms with E-state index in [4.69, 9.17) is 16.3 Å². The first kappa shape index (κ1) is 17.8. The van der Waals surface area contributed by atoms with Gasteiger partial charge in [-0.15, -0.1) is 11.8 Å². The lowest BCUT2D eigenvalue weighted by atomic mass is 10.3. The maximum absolute atomic E-state index is 12.6. The van der Waals surface area contributed by atoms with E-state index in [0.717, 1.165) is 11.4 Å². The Balaban J connectivity index is 2.33. The molecule has 0 aliphatic carbocycles. The minimum absolute atomic E-state index is 0.0636. The highest BCUT2D eigenvalue weighted by atomic mass is 35.5. The van der Waals surface area contributed by atoms with E-state index in [1.807, 2.05) is 26.0 Å². The van der Waals surface area contributed by atoms with Gasteiger partial charge in [0.1, 0.15) is 12.4 Å². The van der Waals surface area contributed by atoms with Crippen molar-refractivity contribution in [3.63, 3.8) is 0 Å². The molecule has 0 N–H and O–H groups in total. The van der Waals surface area contributed by atoms with Crippen molar-refractivity contribution >= 4 is 35.0 Å². The van der Waals surface area contributed by atoms with Crippen LogP contribution in [0.25, 0.3) is 5.69 Å². The average molecular weight is 355 g/mol. The molecule has 0 aromatic carbocycles. The number of halogens is 1. The molecule has 0 bridgehead atoms. The Morgan fingerprint density at radius 3 is 2.96 bits per heavy atom. The van der Waals surface area contributed by atoms with E-state index < -0.39 is 0 Å². The van der Waals surface area contributed by atoms with Crippen LogP contribution in [0.5, 0.6) is 0 Å². The summed E-state index contributed by atoms with van der Waals surface area (Å²) in [5.41, 5.74) is 1.28. The van der Waals surface area contributed by atoms with Crippen LogP contribution in [0.2, 0.25) is 5.15 Å². The first-order valence-corrected chi connectivity index (χ1v) is 8.58. The van der Waals surface area contributed by atoms with Gasteiger partial charge in [-0.2, -0.15) is 5.10 Å². The largest absolute Gasteiger partial charge is 0.364 e. The summed E-state index contributed by atoms with van der Waals surface area (Å²) in [6.07, 6.45) is 5.06. The van der Waals surface area contributed by atoms with Crippen LogP contribution >= 0.6 is 23.4 Å². The van der Waals surface area contributed by atoms with Crippen molar-refractivity contribution in [3.05, 3.63) is 35.9 Å². The van der Waals surface area contributed by atoms with Crippen LogP contribution in [0.3, 0.4) is 0 Å². The quantitative estimate of drug-likeness (QED) is 0.715. The SMILES string of the molecule is CCS[C@@H](C)C(=O)N(COC)c1cn(-c2cccnc2)nc1Cl. The molecule has 23 heavy (non-hydrogen) atoms. The van der Waals surface area contributed by atoms with Crippen LogP contribution in [0, 0.1) is 0 Å². The summed E-state index contributed by atoms with van der Waals surface area (Å²) in [5.74, 6) is 0.794. The zero-order chi connectivity index (χ0) is 16.8. The molecule has 2 aromatic rings. The highest BCUT2D eigenvalue weighted by Gasteiger charge is 2.25. The molecule has 124 valence electrons. The molecule has 2 rings (SSSR count). The molecule has 0 radical (unpaired) electrons. The highest BCUT2D eigenvalue weighted by Crippen LogP contribution is 2.28. The van der Waals surface area contributed by atoms with E-state index in [-0.39, 0.29) is 23.0 Å². The summed E-state index contributed by atoms with van der Waals surface area (Å²) in [4.78, 5) is 18.2. The van der Waals surface area contributed by atoms with Crippen LogP contribution in [0.1, 0.15) is 13.8 Å². The number of carbonyl (C=O) groups excluding carboxylic acids is 1. The normalized spacial score (nSPS) is 12.2. The number of rotatable bonds is 7. The van der Waals surface area contributed by atoms with E-state index in [1.54, 1.807) is 35.0 Å². The summed E-state index contributed by atoms with van der Waals surface area (Å²) >= 11 is 7.81. The molecule has 6 nitrogen and oxygen atoms in total. The van der Waals surface area contributed by atoms with Crippen molar-refractivity contribution in [2.75, 3.05) is 24.5 Å². The van der Waals surface area contributed by atoms with Crippen LogP contribution in [0.4, 0.5) is 5.69 Å². The van der Waals surface area contributed by atoms with Crippen molar-refractivity contribution < 1.29 is 9.53 Å². The third-order valence-electron chi connectivity index (χ3n) is 3.14. The fourth-order valence-electron chi connectivity index (χ4n) is 2.07. The lowest BCUT2D eigenvalue weighted by molar-refractivity contribution is -0.118. The van der Waals surface area contributed by atoms with Gasteiger partial charge in [0.2, 0.25) is 5.91 Å².